The first-order chi connectivity index (χ1) is 14.1. The van der Waals surface area contributed by atoms with E-state index in [9.17, 15) is 9.90 Å². The number of nitrogens with zero attached hydrogens (tertiary/aromatic N) is 2. The van der Waals surface area contributed by atoms with Gasteiger partial charge in [0.1, 0.15) is 10.7 Å². The number of hydrogen-bond donors (Lipinski definition) is 2. The number of aromatic nitrogens is 2. The number of thiophene rings is 1. The molecule has 2 aromatic heterocycles. The summed E-state index contributed by atoms with van der Waals surface area (Å²) < 4.78 is 5.74. The van der Waals surface area contributed by atoms with Crippen molar-refractivity contribution in [1.82, 2.24) is 14.9 Å². The Morgan fingerprint density at radius 2 is 2.00 bits per heavy atom. The fourth-order valence-corrected chi connectivity index (χ4v) is 5.15. The van der Waals surface area contributed by atoms with Gasteiger partial charge in [-0.15, -0.1) is 11.3 Å². The molecule has 0 unspecified atom stereocenters. The molecule has 3 rings (SSSR count). The second kappa shape index (κ2) is 9.90. The van der Waals surface area contributed by atoms with Crippen molar-refractivity contribution in [2.45, 2.75) is 85.0 Å². The predicted octanol–water partition coefficient (Wildman–Crippen LogP) is 3.89. The van der Waals surface area contributed by atoms with E-state index >= 15 is 0 Å². The molecule has 1 aliphatic carbocycles. The summed E-state index contributed by atoms with van der Waals surface area (Å²) in [7, 11) is 0. The van der Waals surface area contributed by atoms with Gasteiger partial charge in [-0.25, -0.2) is 4.98 Å². The Hall–Kier alpha value is -1.28. The van der Waals surface area contributed by atoms with E-state index in [2.05, 4.69) is 23.7 Å². The van der Waals surface area contributed by atoms with Gasteiger partial charge in [-0.05, 0) is 70.9 Å². The largest absolute Gasteiger partial charge is 0.389 e. The summed E-state index contributed by atoms with van der Waals surface area (Å²) in [6.45, 7) is 12.5. The average Bonchev–Trinajstić information content (AvgIpc) is 3.02. The molecule has 0 fully saturated rings. The van der Waals surface area contributed by atoms with Crippen molar-refractivity contribution in [3.8, 4) is 0 Å². The van der Waals surface area contributed by atoms with E-state index in [1.54, 1.807) is 11.3 Å². The van der Waals surface area contributed by atoms with Crippen LogP contribution in [0.15, 0.2) is 4.79 Å². The van der Waals surface area contributed by atoms with Crippen molar-refractivity contribution >= 4 is 21.6 Å². The van der Waals surface area contributed by atoms with Crippen LogP contribution in [0.1, 0.15) is 70.1 Å². The van der Waals surface area contributed by atoms with Crippen molar-refractivity contribution in [1.29, 1.82) is 0 Å². The minimum atomic E-state index is -0.583. The molecule has 1 atom stereocenters. The van der Waals surface area contributed by atoms with Gasteiger partial charge in [0.15, 0.2) is 0 Å². The van der Waals surface area contributed by atoms with E-state index in [0.717, 1.165) is 42.4 Å². The minimum absolute atomic E-state index is 0.0187. The number of hydrogen-bond acceptors (Lipinski definition) is 6. The van der Waals surface area contributed by atoms with Gasteiger partial charge in [0.05, 0.1) is 30.2 Å². The minimum Gasteiger partial charge on any atom is -0.389 e. The number of ether oxygens (including phenoxy) is 1. The fourth-order valence-electron chi connectivity index (χ4n) is 3.87. The summed E-state index contributed by atoms with van der Waals surface area (Å²) in [5, 5.41) is 11.3. The molecule has 2 heterocycles. The third-order valence-electron chi connectivity index (χ3n) is 5.45. The number of aliphatic hydroxyl groups excluding tert-OH is 1. The van der Waals surface area contributed by atoms with Crippen molar-refractivity contribution in [3.05, 3.63) is 26.6 Å². The molecule has 0 saturated heterocycles. The SMILES string of the molecule is CC(C)CCN(Cc1nc2sc3c(c2c(=O)[nH]1)CCCC3)C[C@@H](O)COC(C)(C)C. The van der Waals surface area contributed by atoms with Crippen molar-refractivity contribution in [2.75, 3.05) is 19.7 Å². The van der Waals surface area contributed by atoms with Crippen molar-refractivity contribution in [2.24, 2.45) is 5.92 Å². The Morgan fingerprint density at radius 3 is 2.70 bits per heavy atom. The maximum absolute atomic E-state index is 12.8. The van der Waals surface area contributed by atoms with Gasteiger partial charge in [-0.2, -0.15) is 0 Å². The van der Waals surface area contributed by atoms with E-state index in [0.29, 0.717) is 31.4 Å². The molecule has 0 bridgehead atoms. The van der Waals surface area contributed by atoms with Crippen LogP contribution in [-0.2, 0) is 24.1 Å². The molecule has 2 N–H and O–H groups in total. The van der Waals surface area contributed by atoms with Crippen LogP contribution in [0.2, 0.25) is 0 Å². The molecule has 0 spiro atoms. The molecular weight excluding hydrogens is 398 g/mol. The Kier molecular flexibility index (Phi) is 7.71. The van der Waals surface area contributed by atoms with E-state index in [-0.39, 0.29) is 11.2 Å². The van der Waals surface area contributed by atoms with Crippen LogP contribution in [0, 0.1) is 5.92 Å². The van der Waals surface area contributed by atoms with E-state index < -0.39 is 6.10 Å². The van der Waals surface area contributed by atoms with Gasteiger partial charge in [0.25, 0.3) is 5.56 Å². The first-order valence-corrected chi connectivity index (χ1v) is 12.0. The summed E-state index contributed by atoms with van der Waals surface area (Å²) in [5.74, 6) is 1.24. The number of nitrogens with one attached hydrogen (secondary N) is 1. The molecule has 0 aromatic carbocycles. The van der Waals surface area contributed by atoms with Crippen LogP contribution < -0.4 is 5.56 Å². The quantitative estimate of drug-likeness (QED) is 0.625. The first kappa shape index (κ1) is 23.4. The molecule has 168 valence electrons. The zero-order valence-corrected chi connectivity index (χ0v) is 19.9. The van der Waals surface area contributed by atoms with Gasteiger partial charge in [0, 0.05) is 11.4 Å². The topological polar surface area (TPSA) is 78.5 Å². The average molecular weight is 436 g/mol. The highest BCUT2D eigenvalue weighted by atomic mass is 32.1. The molecule has 0 amide bonds. The number of H-pyrrole nitrogens is 1. The fraction of sp³-hybridized carbons (Fsp3) is 0.739. The molecule has 6 nitrogen and oxygen atoms in total. The lowest BCUT2D eigenvalue weighted by Crippen LogP contribution is -2.38. The molecule has 0 saturated carbocycles. The third-order valence-corrected chi connectivity index (χ3v) is 6.63. The smallest absolute Gasteiger partial charge is 0.259 e. The van der Waals surface area contributed by atoms with Gasteiger partial charge in [0.2, 0.25) is 0 Å². The standard InChI is InChI=1S/C23H37N3O3S/c1-15(2)10-11-26(12-16(27)14-29-23(3,4)5)13-19-24-21(28)20-17-8-6-7-9-18(17)30-22(20)25-19/h15-16,27H,6-14H2,1-5H3,(H,24,25,28)/t16-/m1/s1. The summed E-state index contributed by atoms with van der Waals surface area (Å²) in [6.07, 6.45) is 4.83. The lowest BCUT2D eigenvalue weighted by Gasteiger charge is -2.27. The molecule has 0 aliphatic heterocycles. The van der Waals surface area contributed by atoms with Crippen molar-refractivity contribution < 1.29 is 9.84 Å². The summed E-state index contributed by atoms with van der Waals surface area (Å²) in [5.41, 5.74) is 0.919. The monoisotopic (exact) mass is 435 g/mol. The first-order valence-electron chi connectivity index (χ1n) is 11.2. The van der Waals surface area contributed by atoms with Crippen LogP contribution in [0.5, 0.6) is 0 Å². The zero-order valence-electron chi connectivity index (χ0n) is 19.1. The maximum Gasteiger partial charge on any atom is 0.259 e. The number of rotatable bonds is 9. The molecule has 2 aromatic rings. The number of aliphatic hydroxyl groups is 1. The third kappa shape index (κ3) is 6.36. The maximum atomic E-state index is 12.8. The van der Waals surface area contributed by atoms with Crippen LogP contribution in [0.4, 0.5) is 0 Å². The highest BCUT2D eigenvalue weighted by Crippen LogP contribution is 2.33. The van der Waals surface area contributed by atoms with Crippen LogP contribution >= 0.6 is 11.3 Å². The lowest BCUT2D eigenvalue weighted by molar-refractivity contribution is -0.0570. The molecule has 0 radical (unpaired) electrons. The van der Waals surface area contributed by atoms with E-state index in [4.69, 9.17) is 9.72 Å². The van der Waals surface area contributed by atoms with Crippen LogP contribution in [0.25, 0.3) is 10.2 Å². The summed E-state index contributed by atoms with van der Waals surface area (Å²) in [4.78, 5) is 25.0. The van der Waals surface area contributed by atoms with E-state index in [1.807, 2.05) is 20.8 Å². The second-order valence-corrected chi connectivity index (χ2v) is 11.0. The van der Waals surface area contributed by atoms with Gasteiger partial charge >= 0.3 is 0 Å². The summed E-state index contributed by atoms with van der Waals surface area (Å²) >= 11 is 1.68. The number of fused-ring (bicyclic) bond motifs is 3. The molecular formula is C23H37N3O3S. The van der Waals surface area contributed by atoms with Gasteiger partial charge in [-0.3, -0.25) is 9.69 Å². The number of aryl methyl sites for hydroxylation is 2. The van der Waals surface area contributed by atoms with Crippen LogP contribution in [0.3, 0.4) is 0 Å². The van der Waals surface area contributed by atoms with Crippen LogP contribution in [-0.4, -0.2) is 51.4 Å². The van der Waals surface area contributed by atoms with Gasteiger partial charge < -0.3 is 14.8 Å². The molecule has 1 aliphatic rings. The zero-order chi connectivity index (χ0) is 21.9. The predicted molar refractivity (Wildman–Crippen MR) is 123 cm³/mol. The van der Waals surface area contributed by atoms with Crippen molar-refractivity contribution in [3.63, 3.8) is 0 Å². The summed E-state index contributed by atoms with van der Waals surface area (Å²) in [6, 6.07) is 0. The highest BCUT2D eigenvalue weighted by Gasteiger charge is 2.21. The Labute approximate surface area is 183 Å². The Balaban J connectivity index is 1.75. The molecule has 7 heteroatoms. The number of aromatic amines is 1. The highest BCUT2D eigenvalue weighted by molar-refractivity contribution is 7.18. The van der Waals surface area contributed by atoms with Gasteiger partial charge in [-0.1, -0.05) is 13.8 Å². The molecule has 30 heavy (non-hydrogen) atoms. The van der Waals surface area contributed by atoms with E-state index in [1.165, 1.54) is 16.9 Å². The lowest BCUT2D eigenvalue weighted by atomic mass is 9.97. The normalized spacial score (nSPS) is 15.9. The Morgan fingerprint density at radius 1 is 1.27 bits per heavy atom. The second-order valence-electron chi connectivity index (χ2n) is 9.90. The Bertz CT molecular complexity index is 897.